The third-order valence-corrected chi connectivity index (χ3v) is 7.49. The fraction of sp³-hybridized carbons (Fsp3) is 0.214. The lowest BCUT2D eigenvalue weighted by Gasteiger charge is -2.51. The molecular formula is C28H21NO5. The first kappa shape index (κ1) is 20.5. The summed E-state index contributed by atoms with van der Waals surface area (Å²) in [6.45, 7) is 1.93. The number of ether oxygens (including phenoxy) is 1. The van der Waals surface area contributed by atoms with Gasteiger partial charge in [-0.05, 0) is 47.4 Å². The molecule has 0 radical (unpaired) electrons. The van der Waals surface area contributed by atoms with Gasteiger partial charge in [-0.1, -0.05) is 54.6 Å². The van der Waals surface area contributed by atoms with Gasteiger partial charge in [-0.25, -0.2) is 9.69 Å². The normalized spacial score (nSPS) is 26.0. The molecule has 1 aliphatic heterocycles. The van der Waals surface area contributed by atoms with Gasteiger partial charge in [-0.15, -0.1) is 0 Å². The molecule has 0 unspecified atom stereocenters. The molecule has 2 atom stereocenters. The van der Waals surface area contributed by atoms with Gasteiger partial charge in [-0.2, -0.15) is 0 Å². The number of benzene rings is 3. The number of carbonyl (C=O) groups excluding carboxylic acids is 4. The molecule has 168 valence electrons. The van der Waals surface area contributed by atoms with Gasteiger partial charge in [0.05, 0.1) is 35.1 Å². The highest BCUT2D eigenvalue weighted by Gasteiger charge is 2.68. The summed E-state index contributed by atoms with van der Waals surface area (Å²) in [6, 6.07) is 21.6. The first-order valence-corrected chi connectivity index (χ1v) is 11.3. The maximum atomic E-state index is 14.0. The molecule has 0 saturated carbocycles. The van der Waals surface area contributed by atoms with Crippen LogP contribution in [-0.2, 0) is 24.5 Å². The predicted molar refractivity (Wildman–Crippen MR) is 123 cm³/mol. The molecule has 3 aromatic rings. The van der Waals surface area contributed by atoms with Crippen LogP contribution in [0.2, 0.25) is 0 Å². The average Bonchev–Trinajstić information content (AvgIpc) is 3.15. The standard InChI is InChI=1S/C28H21NO5/c1-2-34-27(33)16-8-7-9-17(14-16)29-25(31)23-22-18-10-3-5-12-20(18)28(15-30,24(23)26(29)32)21-13-6-4-11-19(21)22/h3-15,22-24H,2H2,1H3/t22?,23-,24+,28?/m0/s1. The predicted octanol–water partition coefficient (Wildman–Crippen LogP) is 3.61. The Balaban J connectivity index is 1.55. The Morgan fingerprint density at radius 2 is 1.59 bits per heavy atom. The zero-order valence-corrected chi connectivity index (χ0v) is 18.4. The number of hydrogen-bond donors (Lipinski definition) is 0. The van der Waals surface area contributed by atoms with Crippen molar-refractivity contribution in [1.82, 2.24) is 0 Å². The van der Waals surface area contributed by atoms with E-state index in [1.54, 1.807) is 25.1 Å². The Morgan fingerprint density at radius 3 is 2.21 bits per heavy atom. The number of amides is 2. The molecule has 6 heteroatoms. The molecule has 2 bridgehead atoms. The largest absolute Gasteiger partial charge is 0.462 e. The second-order valence-electron chi connectivity index (χ2n) is 8.93. The molecule has 0 spiro atoms. The summed E-state index contributed by atoms with van der Waals surface area (Å²) in [7, 11) is 0. The molecule has 7 rings (SSSR count). The van der Waals surface area contributed by atoms with Gasteiger partial charge in [-0.3, -0.25) is 9.59 Å². The van der Waals surface area contributed by atoms with Crippen molar-refractivity contribution in [2.45, 2.75) is 18.3 Å². The highest BCUT2D eigenvalue weighted by Crippen LogP contribution is 2.63. The van der Waals surface area contributed by atoms with E-state index in [0.717, 1.165) is 33.4 Å². The number of imide groups is 1. The van der Waals surface area contributed by atoms with E-state index in [4.69, 9.17) is 4.74 Å². The fourth-order valence-electron chi connectivity index (χ4n) is 6.27. The van der Waals surface area contributed by atoms with Crippen molar-refractivity contribution in [1.29, 1.82) is 0 Å². The van der Waals surface area contributed by atoms with Gasteiger partial charge in [0.15, 0.2) is 0 Å². The summed E-state index contributed by atoms with van der Waals surface area (Å²) in [5, 5.41) is 0. The number of hydrogen-bond acceptors (Lipinski definition) is 5. The topological polar surface area (TPSA) is 80.8 Å². The molecule has 0 aromatic heterocycles. The molecule has 6 nitrogen and oxygen atoms in total. The minimum Gasteiger partial charge on any atom is -0.462 e. The summed E-state index contributed by atoms with van der Waals surface area (Å²) >= 11 is 0. The maximum absolute atomic E-state index is 14.0. The van der Waals surface area contributed by atoms with E-state index in [1.807, 2.05) is 48.5 Å². The summed E-state index contributed by atoms with van der Waals surface area (Å²) < 4.78 is 5.08. The van der Waals surface area contributed by atoms with Crippen molar-refractivity contribution in [3.63, 3.8) is 0 Å². The SMILES string of the molecule is CCOC(=O)c1cccc(N2C(=O)[C@H]3C4c5ccccc5C(C=O)(c5ccccc54)[C@H]3C2=O)c1. The Kier molecular flexibility index (Phi) is 4.36. The van der Waals surface area contributed by atoms with Crippen LogP contribution in [0.15, 0.2) is 72.8 Å². The van der Waals surface area contributed by atoms with E-state index in [1.165, 1.54) is 6.07 Å². The van der Waals surface area contributed by atoms with Crippen molar-refractivity contribution in [2.75, 3.05) is 11.5 Å². The Bertz CT molecular complexity index is 1350. The van der Waals surface area contributed by atoms with E-state index in [0.29, 0.717) is 5.69 Å². The van der Waals surface area contributed by atoms with Crippen molar-refractivity contribution >= 4 is 29.8 Å². The number of anilines is 1. The van der Waals surface area contributed by atoms with Crippen LogP contribution in [0.1, 0.15) is 45.5 Å². The van der Waals surface area contributed by atoms with Crippen molar-refractivity contribution < 1.29 is 23.9 Å². The lowest BCUT2D eigenvalue weighted by atomic mass is 9.48. The van der Waals surface area contributed by atoms with E-state index in [9.17, 15) is 19.2 Å². The monoisotopic (exact) mass is 451 g/mol. The van der Waals surface area contributed by atoms with Crippen LogP contribution in [0, 0.1) is 11.8 Å². The Morgan fingerprint density at radius 1 is 0.941 bits per heavy atom. The molecular weight excluding hydrogens is 430 g/mol. The van der Waals surface area contributed by atoms with Gasteiger partial charge >= 0.3 is 5.97 Å². The Labute approximate surface area is 196 Å². The van der Waals surface area contributed by atoms with Crippen LogP contribution < -0.4 is 4.90 Å². The van der Waals surface area contributed by atoms with Gasteiger partial charge in [0.1, 0.15) is 6.29 Å². The number of esters is 1. The van der Waals surface area contributed by atoms with Crippen LogP contribution in [0.5, 0.6) is 0 Å². The molecule has 4 aliphatic rings. The third kappa shape index (κ3) is 2.40. The quantitative estimate of drug-likeness (QED) is 0.344. The summed E-state index contributed by atoms with van der Waals surface area (Å²) in [4.78, 5) is 54.3. The van der Waals surface area contributed by atoms with Crippen molar-refractivity contribution in [2.24, 2.45) is 11.8 Å². The van der Waals surface area contributed by atoms with E-state index in [-0.39, 0.29) is 24.0 Å². The molecule has 0 N–H and O–H groups in total. The van der Waals surface area contributed by atoms with Crippen LogP contribution in [0.3, 0.4) is 0 Å². The second-order valence-corrected chi connectivity index (χ2v) is 8.93. The van der Waals surface area contributed by atoms with Gasteiger partial charge in [0.2, 0.25) is 11.8 Å². The van der Waals surface area contributed by atoms with Gasteiger partial charge in [0.25, 0.3) is 0 Å². The summed E-state index contributed by atoms with van der Waals surface area (Å²) in [5.74, 6) is -3.17. The number of carbonyl (C=O) groups is 4. The van der Waals surface area contributed by atoms with Crippen LogP contribution in [0.25, 0.3) is 0 Å². The highest BCUT2D eigenvalue weighted by molar-refractivity contribution is 6.25. The lowest BCUT2D eigenvalue weighted by molar-refractivity contribution is -0.128. The zero-order chi connectivity index (χ0) is 23.6. The van der Waals surface area contributed by atoms with E-state index >= 15 is 0 Å². The van der Waals surface area contributed by atoms with Crippen molar-refractivity contribution in [3.8, 4) is 0 Å². The molecule has 34 heavy (non-hydrogen) atoms. The van der Waals surface area contributed by atoms with Crippen LogP contribution in [-0.4, -0.2) is 30.7 Å². The molecule has 3 aromatic carbocycles. The molecule has 3 aliphatic carbocycles. The van der Waals surface area contributed by atoms with Crippen LogP contribution in [0.4, 0.5) is 5.69 Å². The third-order valence-electron chi connectivity index (χ3n) is 7.49. The maximum Gasteiger partial charge on any atom is 0.338 e. The fourth-order valence-corrected chi connectivity index (χ4v) is 6.27. The summed E-state index contributed by atoms with van der Waals surface area (Å²) in [5.41, 5.74) is 2.73. The minimum absolute atomic E-state index is 0.217. The van der Waals surface area contributed by atoms with E-state index in [2.05, 4.69) is 0 Å². The Hall–Kier alpha value is -4.06. The lowest BCUT2D eigenvalue weighted by Crippen LogP contribution is -2.54. The zero-order valence-electron chi connectivity index (χ0n) is 18.4. The van der Waals surface area contributed by atoms with Crippen molar-refractivity contribution in [3.05, 3.63) is 101 Å². The number of aldehydes is 1. The number of nitrogens with zero attached hydrogens (tertiary/aromatic N) is 1. The average molecular weight is 451 g/mol. The minimum atomic E-state index is -1.24. The summed E-state index contributed by atoms with van der Waals surface area (Å²) in [6.07, 6.45) is 0.849. The van der Waals surface area contributed by atoms with Gasteiger partial charge in [0, 0.05) is 5.92 Å². The highest BCUT2D eigenvalue weighted by atomic mass is 16.5. The first-order valence-electron chi connectivity index (χ1n) is 11.3. The molecule has 2 amide bonds. The molecule has 1 fully saturated rings. The van der Waals surface area contributed by atoms with Crippen LogP contribution >= 0.6 is 0 Å². The molecule has 1 heterocycles. The van der Waals surface area contributed by atoms with E-state index < -0.39 is 29.1 Å². The second kappa shape index (κ2) is 7.22. The number of rotatable bonds is 4. The molecule has 1 saturated heterocycles. The smallest absolute Gasteiger partial charge is 0.338 e. The van der Waals surface area contributed by atoms with Gasteiger partial charge < -0.3 is 9.53 Å². The first-order chi connectivity index (χ1) is 16.5.